The number of carbonyl (C=O) groups is 1. The zero-order chi connectivity index (χ0) is 24.5. The number of aromatic nitrogens is 2. The number of benzene rings is 2. The van der Waals surface area contributed by atoms with Crippen molar-refractivity contribution in [2.24, 2.45) is 0 Å². The fourth-order valence-corrected chi connectivity index (χ4v) is 3.75. The Morgan fingerprint density at radius 2 is 1.79 bits per heavy atom. The molecule has 0 saturated carbocycles. The van der Waals surface area contributed by atoms with Crippen LogP contribution in [0.25, 0.3) is 10.8 Å². The van der Waals surface area contributed by atoms with E-state index in [1.165, 1.54) is 29.0 Å². The summed E-state index contributed by atoms with van der Waals surface area (Å²) in [5.41, 5.74) is -0.217. The third-order valence-corrected chi connectivity index (χ3v) is 5.46. The van der Waals surface area contributed by atoms with Crippen molar-refractivity contribution in [3.8, 4) is 0 Å². The van der Waals surface area contributed by atoms with Gasteiger partial charge >= 0.3 is 6.18 Å². The van der Waals surface area contributed by atoms with Gasteiger partial charge in [0, 0.05) is 28.9 Å². The molecule has 0 fully saturated rings. The minimum atomic E-state index is -4.64. The van der Waals surface area contributed by atoms with E-state index in [1.807, 2.05) is 0 Å². The van der Waals surface area contributed by atoms with E-state index in [4.69, 9.17) is 11.6 Å². The SMILES string of the molecule is O=C(Cc1ccc(Cl)c(C(F)(F)F)c1)Nc1cccc2c(=O)n(Cc3ccc(F)nc3)ccc12. The molecule has 0 unspecified atom stereocenters. The van der Waals surface area contributed by atoms with Crippen molar-refractivity contribution in [1.82, 2.24) is 9.55 Å². The lowest BCUT2D eigenvalue weighted by Crippen LogP contribution is -2.21. The zero-order valence-electron chi connectivity index (χ0n) is 17.4. The summed E-state index contributed by atoms with van der Waals surface area (Å²) in [4.78, 5) is 29.0. The zero-order valence-corrected chi connectivity index (χ0v) is 18.1. The second kappa shape index (κ2) is 9.26. The Morgan fingerprint density at radius 3 is 2.50 bits per heavy atom. The van der Waals surface area contributed by atoms with Crippen LogP contribution in [0.15, 0.2) is 71.8 Å². The van der Waals surface area contributed by atoms with Crippen LogP contribution in [-0.2, 0) is 23.9 Å². The van der Waals surface area contributed by atoms with Crippen molar-refractivity contribution < 1.29 is 22.4 Å². The molecule has 2 aromatic heterocycles. The van der Waals surface area contributed by atoms with Crippen molar-refractivity contribution >= 4 is 34.0 Å². The van der Waals surface area contributed by atoms with E-state index in [2.05, 4.69) is 10.3 Å². The minimum Gasteiger partial charge on any atom is -0.325 e. The Bertz CT molecular complexity index is 1430. The van der Waals surface area contributed by atoms with Gasteiger partial charge in [0.2, 0.25) is 11.9 Å². The lowest BCUT2D eigenvalue weighted by Gasteiger charge is -2.13. The second-order valence-electron chi connectivity index (χ2n) is 7.54. The third-order valence-electron chi connectivity index (χ3n) is 5.14. The van der Waals surface area contributed by atoms with Crippen LogP contribution in [0.4, 0.5) is 23.2 Å². The largest absolute Gasteiger partial charge is 0.417 e. The summed E-state index contributed by atoms with van der Waals surface area (Å²) in [5, 5.41) is 3.02. The number of hydrogen-bond donors (Lipinski definition) is 1. The van der Waals surface area contributed by atoms with Gasteiger partial charge < -0.3 is 9.88 Å². The summed E-state index contributed by atoms with van der Waals surface area (Å²) in [6.07, 6.45) is -2.07. The number of hydrogen-bond acceptors (Lipinski definition) is 3. The molecule has 0 bridgehead atoms. The standard InChI is InChI=1S/C24H16ClF4N3O2/c25-19-6-4-14(10-18(19)24(27,28)29)11-22(33)31-20-3-1-2-17-16(20)8-9-32(23(17)34)13-15-5-7-21(26)30-12-15/h1-10,12H,11,13H2,(H,31,33). The first-order valence-electron chi connectivity index (χ1n) is 10.00. The highest BCUT2D eigenvalue weighted by Crippen LogP contribution is 2.35. The summed E-state index contributed by atoms with van der Waals surface area (Å²) >= 11 is 5.63. The van der Waals surface area contributed by atoms with Gasteiger partial charge in [0.15, 0.2) is 0 Å². The molecule has 0 aliphatic rings. The molecule has 0 aliphatic heterocycles. The van der Waals surface area contributed by atoms with E-state index >= 15 is 0 Å². The average Bonchev–Trinajstić information content (AvgIpc) is 2.78. The Labute approximate surface area is 195 Å². The van der Waals surface area contributed by atoms with Crippen molar-refractivity contribution in [3.63, 3.8) is 0 Å². The lowest BCUT2D eigenvalue weighted by molar-refractivity contribution is -0.137. The molecule has 10 heteroatoms. The van der Waals surface area contributed by atoms with E-state index in [-0.39, 0.29) is 24.1 Å². The molecule has 1 amide bonds. The average molecular weight is 490 g/mol. The van der Waals surface area contributed by atoms with Crippen molar-refractivity contribution in [1.29, 1.82) is 0 Å². The summed E-state index contributed by atoms with van der Waals surface area (Å²) in [6, 6.07) is 12.4. The first kappa shape index (κ1) is 23.4. The third kappa shape index (κ3) is 5.09. The van der Waals surface area contributed by atoms with Crippen LogP contribution in [0, 0.1) is 5.95 Å². The lowest BCUT2D eigenvalue weighted by atomic mass is 10.1. The smallest absolute Gasteiger partial charge is 0.325 e. The predicted molar refractivity (Wildman–Crippen MR) is 120 cm³/mol. The van der Waals surface area contributed by atoms with Gasteiger partial charge in [-0.2, -0.15) is 17.6 Å². The molecular formula is C24H16ClF4N3O2. The summed E-state index contributed by atoms with van der Waals surface area (Å²) in [6.45, 7) is 0.177. The summed E-state index contributed by atoms with van der Waals surface area (Å²) < 4.78 is 53.7. The van der Waals surface area contributed by atoms with Gasteiger partial charge in [-0.25, -0.2) is 4.98 Å². The fraction of sp³-hybridized carbons (Fsp3) is 0.125. The molecular weight excluding hydrogens is 474 g/mol. The molecule has 2 aromatic carbocycles. The van der Waals surface area contributed by atoms with Crippen molar-refractivity contribution in [2.75, 3.05) is 5.32 Å². The van der Waals surface area contributed by atoms with E-state index in [9.17, 15) is 27.2 Å². The van der Waals surface area contributed by atoms with Gasteiger partial charge in [-0.15, -0.1) is 0 Å². The Kier molecular flexibility index (Phi) is 6.39. The predicted octanol–water partition coefficient (Wildman–Crippen LogP) is 5.44. The molecule has 2 heterocycles. The number of amides is 1. The van der Waals surface area contributed by atoms with Crippen molar-refractivity contribution in [2.45, 2.75) is 19.1 Å². The molecule has 174 valence electrons. The molecule has 4 aromatic rings. The maximum Gasteiger partial charge on any atom is 0.417 e. The van der Waals surface area contributed by atoms with E-state index in [0.29, 0.717) is 22.0 Å². The second-order valence-corrected chi connectivity index (χ2v) is 7.95. The topological polar surface area (TPSA) is 64.0 Å². The van der Waals surface area contributed by atoms with Crippen LogP contribution < -0.4 is 10.9 Å². The molecule has 4 rings (SSSR count). The molecule has 1 N–H and O–H groups in total. The maximum atomic E-state index is 13.1. The molecule has 0 radical (unpaired) electrons. The number of nitrogens with one attached hydrogen (secondary N) is 1. The summed E-state index contributed by atoms with van der Waals surface area (Å²) in [5.74, 6) is -1.17. The van der Waals surface area contributed by atoms with Gasteiger partial charge in [0.1, 0.15) is 0 Å². The molecule has 34 heavy (non-hydrogen) atoms. The first-order chi connectivity index (χ1) is 16.1. The van der Waals surface area contributed by atoms with Crippen LogP contribution in [0.2, 0.25) is 5.02 Å². The number of anilines is 1. The number of halogens is 5. The fourth-order valence-electron chi connectivity index (χ4n) is 3.53. The molecule has 0 aliphatic carbocycles. The number of carbonyl (C=O) groups excluding carboxylic acids is 1. The minimum absolute atomic E-state index is 0.143. The first-order valence-corrected chi connectivity index (χ1v) is 10.4. The van der Waals surface area contributed by atoms with E-state index < -0.39 is 28.6 Å². The highest BCUT2D eigenvalue weighted by atomic mass is 35.5. The molecule has 0 spiro atoms. The Balaban J connectivity index is 1.57. The Morgan fingerprint density at radius 1 is 1.03 bits per heavy atom. The van der Waals surface area contributed by atoms with Crippen molar-refractivity contribution in [3.05, 3.63) is 105 Å². The van der Waals surface area contributed by atoms with Crippen LogP contribution in [-0.4, -0.2) is 15.5 Å². The summed E-state index contributed by atoms with van der Waals surface area (Å²) in [7, 11) is 0. The molecule has 0 atom stereocenters. The number of pyridine rings is 2. The number of nitrogens with zero attached hydrogens (tertiary/aromatic N) is 2. The van der Waals surface area contributed by atoms with Crippen LogP contribution in [0.3, 0.4) is 0 Å². The van der Waals surface area contributed by atoms with Gasteiger partial charge in [0.05, 0.1) is 23.6 Å². The number of alkyl halides is 3. The van der Waals surface area contributed by atoms with E-state index in [0.717, 1.165) is 12.1 Å². The maximum absolute atomic E-state index is 13.1. The van der Waals surface area contributed by atoms with Gasteiger partial charge in [-0.3, -0.25) is 9.59 Å². The highest BCUT2D eigenvalue weighted by molar-refractivity contribution is 6.31. The van der Waals surface area contributed by atoms with Crippen LogP contribution >= 0.6 is 11.6 Å². The van der Waals surface area contributed by atoms with Gasteiger partial charge in [-0.1, -0.05) is 29.8 Å². The number of fused-ring (bicyclic) bond motifs is 1. The molecule has 0 saturated heterocycles. The Hall–Kier alpha value is -3.72. The van der Waals surface area contributed by atoms with Crippen LogP contribution in [0.5, 0.6) is 0 Å². The van der Waals surface area contributed by atoms with Gasteiger partial charge in [0.25, 0.3) is 5.56 Å². The quantitative estimate of drug-likeness (QED) is 0.300. The number of rotatable bonds is 5. The molecule has 5 nitrogen and oxygen atoms in total. The monoisotopic (exact) mass is 489 g/mol. The highest BCUT2D eigenvalue weighted by Gasteiger charge is 2.33. The van der Waals surface area contributed by atoms with E-state index in [1.54, 1.807) is 30.5 Å². The van der Waals surface area contributed by atoms with Crippen LogP contribution in [0.1, 0.15) is 16.7 Å². The normalized spacial score (nSPS) is 11.6. The van der Waals surface area contributed by atoms with Gasteiger partial charge in [-0.05, 0) is 47.5 Å².